The standard InChI is InChI=1S/C36H43ClN6O5.C2HF3O2/c1-25(21-40(2)3)48-35-38-30-22-43(31-20-32(47-24-45-4)33(37)28-13-9-8-12-27(28)31)15-14-29(30)34(39-35)41-16-18-42(19-17-41)36(44)46-23-26-10-6-5-7-11-26;3-2(4,5)1(6)7/h5-13,20,25H,14-19,21-24H2,1-4H3;(H,6,7)/t25-;/m1./s1. The van der Waals surface area contributed by atoms with E-state index < -0.39 is 12.1 Å². The van der Waals surface area contributed by atoms with E-state index in [-0.39, 0.29) is 25.6 Å². The van der Waals surface area contributed by atoms with Gasteiger partial charge in [0.05, 0.1) is 17.3 Å². The number of hydrogen-bond donors (Lipinski definition) is 1. The number of ether oxygens (including phenoxy) is 4. The first-order chi connectivity index (χ1) is 26.2. The molecule has 17 heteroatoms. The Kier molecular flexibility index (Phi) is 13.8. The molecule has 2 aliphatic rings. The van der Waals surface area contributed by atoms with Gasteiger partial charge >= 0.3 is 24.2 Å². The number of anilines is 2. The third kappa shape index (κ3) is 10.8. The van der Waals surface area contributed by atoms with Gasteiger partial charge in [0.1, 0.15) is 24.3 Å². The minimum Gasteiger partial charge on any atom is -0.475 e. The second-order valence-corrected chi connectivity index (χ2v) is 13.6. The molecular weight excluding hydrogens is 745 g/mol. The fourth-order valence-electron chi connectivity index (χ4n) is 6.34. The number of likely N-dealkylation sites (N-methyl/N-ethyl adjacent to an activating group) is 1. The van der Waals surface area contributed by atoms with Gasteiger partial charge in [0.25, 0.3) is 0 Å². The lowest BCUT2D eigenvalue weighted by Crippen LogP contribution is -2.49. The zero-order valence-corrected chi connectivity index (χ0v) is 31.8. The van der Waals surface area contributed by atoms with Crippen molar-refractivity contribution < 1.29 is 46.8 Å². The molecule has 4 aromatic rings. The molecule has 13 nitrogen and oxygen atoms in total. The summed E-state index contributed by atoms with van der Waals surface area (Å²) in [6.07, 6.45) is -4.75. The zero-order chi connectivity index (χ0) is 39.7. The van der Waals surface area contributed by atoms with Crippen LogP contribution >= 0.6 is 11.6 Å². The van der Waals surface area contributed by atoms with Crippen molar-refractivity contribution in [1.29, 1.82) is 0 Å². The minimum absolute atomic E-state index is 0.0980. The molecule has 6 rings (SSSR count). The number of rotatable bonds is 11. The number of aliphatic carboxylic acids is 1. The van der Waals surface area contributed by atoms with E-state index in [4.69, 9.17) is 50.4 Å². The predicted molar refractivity (Wildman–Crippen MR) is 201 cm³/mol. The van der Waals surface area contributed by atoms with Crippen molar-refractivity contribution in [2.75, 3.05) is 77.1 Å². The largest absolute Gasteiger partial charge is 0.490 e. The highest BCUT2D eigenvalue weighted by Crippen LogP contribution is 2.41. The van der Waals surface area contributed by atoms with Crippen molar-refractivity contribution in [3.63, 3.8) is 0 Å². The highest BCUT2D eigenvalue weighted by Gasteiger charge is 2.38. The van der Waals surface area contributed by atoms with Gasteiger partial charge < -0.3 is 43.7 Å². The van der Waals surface area contributed by atoms with E-state index in [0.717, 1.165) is 58.6 Å². The molecule has 1 atom stereocenters. The molecule has 1 amide bonds. The molecule has 296 valence electrons. The number of hydrogen-bond acceptors (Lipinski definition) is 11. The Morgan fingerprint density at radius 1 is 0.964 bits per heavy atom. The van der Waals surface area contributed by atoms with Gasteiger partial charge in [0.2, 0.25) is 0 Å². The summed E-state index contributed by atoms with van der Waals surface area (Å²) in [7, 11) is 5.62. The number of carbonyl (C=O) groups excluding carboxylic acids is 1. The highest BCUT2D eigenvalue weighted by molar-refractivity contribution is 6.37. The van der Waals surface area contributed by atoms with Gasteiger partial charge in [-0.3, -0.25) is 0 Å². The number of amides is 1. The lowest BCUT2D eigenvalue weighted by molar-refractivity contribution is -0.192. The van der Waals surface area contributed by atoms with Crippen molar-refractivity contribution in [3.8, 4) is 11.8 Å². The quantitative estimate of drug-likeness (QED) is 0.173. The van der Waals surface area contributed by atoms with Crippen molar-refractivity contribution in [1.82, 2.24) is 19.8 Å². The summed E-state index contributed by atoms with van der Waals surface area (Å²) >= 11 is 6.78. The number of benzene rings is 3. The van der Waals surface area contributed by atoms with Gasteiger partial charge in [-0.25, -0.2) is 9.59 Å². The second kappa shape index (κ2) is 18.5. The van der Waals surface area contributed by atoms with Crippen LogP contribution < -0.4 is 19.3 Å². The monoisotopic (exact) mass is 788 g/mol. The smallest absolute Gasteiger partial charge is 0.475 e. The molecular formula is C38H44ClF3N6O7. The van der Waals surface area contributed by atoms with Crippen LogP contribution in [0, 0.1) is 0 Å². The highest BCUT2D eigenvalue weighted by atomic mass is 35.5. The van der Waals surface area contributed by atoms with Crippen LogP contribution in [0.1, 0.15) is 23.7 Å². The normalized spacial score (nSPS) is 14.9. The summed E-state index contributed by atoms with van der Waals surface area (Å²) in [4.78, 5) is 40.1. The average Bonchev–Trinajstić information content (AvgIpc) is 3.16. The summed E-state index contributed by atoms with van der Waals surface area (Å²) in [6.45, 7) is 6.74. The molecule has 2 aliphatic heterocycles. The van der Waals surface area contributed by atoms with Crippen molar-refractivity contribution in [2.24, 2.45) is 0 Å². The summed E-state index contributed by atoms with van der Waals surface area (Å²) in [5.74, 6) is -1.32. The first kappa shape index (κ1) is 41.1. The van der Waals surface area contributed by atoms with Gasteiger partial charge in [-0.2, -0.15) is 23.1 Å². The van der Waals surface area contributed by atoms with Crippen molar-refractivity contribution in [3.05, 3.63) is 82.5 Å². The van der Waals surface area contributed by atoms with Crippen LogP contribution in [0.5, 0.6) is 11.8 Å². The van der Waals surface area contributed by atoms with Crippen LogP contribution in [0.3, 0.4) is 0 Å². The van der Waals surface area contributed by atoms with Gasteiger partial charge in [-0.15, -0.1) is 0 Å². The van der Waals surface area contributed by atoms with Crippen molar-refractivity contribution in [2.45, 2.75) is 38.8 Å². The first-order valence-electron chi connectivity index (χ1n) is 17.5. The van der Waals surface area contributed by atoms with Gasteiger partial charge in [-0.05, 0) is 33.0 Å². The number of fused-ring (bicyclic) bond motifs is 2. The number of methoxy groups -OCH3 is 1. The Labute approximate surface area is 322 Å². The van der Waals surface area contributed by atoms with Crippen LogP contribution in [0.15, 0.2) is 60.7 Å². The van der Waals surface area contributed by atoms with E-state index in [9.17, 15) is 18.0 Å². The van der Waals surface area contributed by atoms with E-state index in [2.05, 4.69) is 20.8 Å². The third-order valence-electron chi connectivity index (χ3n) is 8.83. The molecule has 1 saturated heterocycles. The van der Waals surface area contributed by atoms with Crippen LogP contribution in [0.25, 0.3) is 10.8 Å². The maximum atomic E-state index is 12.9. The number of halogens is 4. The van der Waals surface area contributed by atoms with Crippen LogP contribution in [-0.4, -0.2) is 116 Å². The molecule has 0 saturated carbocycles. The Hall–Kier alpha value is -5.06. The van der Waals surface area contributed by atoms with Crippen LogP contribution in [0.2, 0.25) is 5.02 Å². The number of carbonyl (C=O) groups is 2. The molecule has 3 aromatic carbocycles. The van der Waals surface area contributed by atoms with E-state index >= 15 is 0 Å². The second-order valence-electron chi connectivity index (χ2n) is 13.2. The molecule has 1 fully saturated rings. The molecule has 0 radical (unpaired) electrons. The molecule has 0 spiro atoms. The van der Waals surface area contributed by atoms with Gasteiger partial charge in [0.15, 0.2) is 6.79 Å². The number of nitrogens with zero attached hydrogens (tertiary/aromatic N) is 6. The summed E-state index contributed by atoms with van der Waals surface area (Å²) in [5, 5.41) is 9.64. The average molecular weight is 789 g/mol. The SMILES string of the molecule is COCOc1cc(N2CCc3c(nc(O[C@H](C)CN(C)C)nc3N3CCN(C(=O)OCc4ccccc4)CC3)C2)c2ccccc2c1Cl.O=C(O)C(F)(F)F. The number of carboxylic acids is 1. The summed E-state index contributed by atoms with van der Waals surface area (Å²) < 4.78 is 54.7. The fourth-order valence-corrected chi connectivity index (χ4v) is 6.61. The van der Waals surface area contributed by atoms with Gasteiger partial charge in [0, 0.05) is 74.5 Å². The Bertz CT molecular complexity index is 1930. The molecule has 0 bridgehead atoms. The van der Waals surface area contributed by atoms with E-state index in [0.29, 0.717) is 49.5 Å². The molecule has 0 aliphatic carbocycles. The number of alkyl halides is 3. The molecule has 3 heterocycles. The van der Waals surface area contributed by atoms with Crippen molar-refractivity contribution >= 4 is 45.9 Å². The number of carboxylic acid groups (broad SMARTS) is 1. The van der Waals surface area contributed by atoms with Crippen LogP contribution in [0.4, 0.5) is 29.5 Å². The summed E-state index contributed by atoms with van der Waals surface area (Å²) in [5.41, 5.74) is 4.00. The maximum Gasteiger partial charge on any atom is 0.490 e. The molecule has 55 heavy (non-hydrogen) atoms. The first-order valence-corrected chi connectivity index (χ1v) is 17.9. The molecule has 0 unspecified atom stereocenters. The predicted octanol–water partition coefficient (Wildman–Crippen LogP) is 6.25. The zero-order valence-electron chi connectivity index (χ0n) is 31.0. The maximum absolute atomic E-state index is 12.9. The lowest BCUT2D eigenvalue weighted by Gasteiger charge is -2.38. The Morgan fingerprint density at radius 3 is 2.25 bits per heavy atom. The molecule has 1 aromatic heterocycles. The number of piperazine rings is 1. The summed E-state index contributed by atoms with van der Waals surface area (Å²) in [6, 6.07) is 20.2. The number of aromatic nitrogens is 2. The van der Waals surface area contributed by atoms with E-state index in [1.165, 1.54) is 0 Å². The topological polar surface area (TPSA) is 130 Å². The Balaban J connectivity index is 0.000000757. The lowest BCUT2D eigenvalue weighted by atomic mass is 10.0. The fraction of sp³-hybridized carbons (Fsp3) is 0.421. The third-order valence-corrected chi connectivity index (χ3v) is 9.22. The molecule has 1 N–H and O–H groups in total. The van der Waals surface area contributed by atoms with Crippen LogP contribution in [-0.2, 0) is 33.8 Å². The van der Waals surface area contributed by atoms with E-state index in [1.807, 2.05) is 75.6 Å². The minimum atomic E-state index is -5.08. The Morgan fingerprint density at radius 2 is 1.62 bits per heavy atom. The van der Waals surface area contributed by atoms with E-state index in [1.54, 1.807) is 12.0 Å². The van der Waals surface area contributed by atoms with Gasteiger partial charge in [-0.1, -0.05) is 66.2 Å².